The van der Waals surface area contributed by atoms with Crippen LogP contribution in [0, 0.1) is 0 Å². The van der Waals surface area contributed by atoms with Crippen LogP contribution in [0.4, 0.5) is 0 Å². The fraction of sp³-hybridized carbons (Fsp3) is 0.467. The maximum absolute atomic E-state index is 12.2. The van der Waals surface area contributed by atoms with E-state index in [-0.39, 0.29) is 18.4 Å². The SMILES string of the molecule is CCOc1ccc(C(=O)N(C)CC(=O)NC2CC2)cc1. The van der Waals surface area contributed by atoms with E-state index in [4.69, 9.17) is 4.74 Å². The number of rotatable bonds is 6. The van der Waals surface area contributed by atoms with Crippen molar-refractivity contribution < 1.29 is 14.3 Å². The fourth-order valence-electron chi connectivity index (χ4n) is 1.87. The minimum atomic E-state index is -0.168. The highest BCUT2D eigenvalue weighted by molar-refractivity contribution is 5.96. The Morgan fingerprint density at radius 3 is 2.50 bits per heavy atom. The second kappa shape index (κ2) is 6.41. The molecule has 1 aliphatic rings. The molecule has 1 aromatic carbocycles. The van der Waals surface area contributed by atoms with Gasteiger partial charge in [0.1, 0.15) is 5.75 Å². The Hall–Kier alpha value is -2.04. The summed E-state index contributed by atoms with van der Waals surface area (Å²) in [5, 5.41) is 2.86. The number of nitrogens with zero attached hydrogens (tertiary/aromatic N) is 1. The molecule has 0 aromatic heterocycles. The van der Waals surface area contributed by atoms with Crippen molar-refractivity contribution in [3.63, 3.8) is 0 Å². The molecule has 1 aliphatic carbocycles. The van der Waals surface area contributed by atoms with Crippen LogP contribution in [0.3, 0.4) is 0 Å². The largest absolute Gasteiger partial charge is 0.494 e. The van der Waals surface area contributed by atoms with E-state index in [0.717, 1.165) is 18.6 Å². The number of nitrogens with one attached hydrogen (secondary N) is 1. The molecular weight excluding hydrogens is 256 g/mol. The highest BCUT2D eigenvalue weighted by Crippen LogP contribution is 2.18. The second-order valence-corrected chi connectivity index (χ2v) is 4.96. The van der Waals surface area contributed by atoms with E-state index in [1.165, 1.54) is 4.90 Å². The predicted molar refractivity (Wildman–Crippen MR) is 75.7 cm³/mol. The van der Waals surface area contributed by atoms with Crippen molar-refractivity contribution in [2.45, 2.75) is 25.8 Å². The quantitative estimate of drug-likeness (QED) is 0.855. The summed E-state index contributed by atoms with van der Waals surface area (Å²) < 4.78 is 5.33. The van der Waals surface area contributed by atoms with Crippen LogP contribution in [0.1, 0.15) is 30.1 Å². The van der Waals surface area contributed by atoms with Crippen LogP contribution >= 0.6 is 0 Å². The van der Waals surface area contributed by atoms with E-state index in [2.05, 4.69) is 5.32 Å². The van der Waals surface area contributed by atoms with Gasteiger partial charge in [0.15, 0.2) is 0 Å². The van der Waals surface area contributed by atoms with Crippen LogP contribution < -0.4 is 10.1 Å². The third-order valence-corrected chi connectivity index (χ3v) is 3.08. The Morgan fingerprint density at radius 1 is 1.30 bits per heavy atom. The van der Waals surface area contributed by atoms with Crippen LogP contribution in [0.15, 0.2) is 24.3 Å². The Morgan fingerprint density at radius 2 is 1.95 bits per heavy atom. The van der Waals surface area contributed by atoms with Gasteiger partial charge in [0.05, 0.1) is 13.2 Å². The molecule has 0 atom stereocenters. The van der Waals surface area contributed by atoms with E-state index in [1.807, 2.05) is 6.92 Å². The third kappa shape index (κ3) is 3.98. The zero-order chi connectivity index (χ0) is 14.5. The van der Waals surface area contributed by atoms with Gasteiger partial charge in [0, 0.05) is 18.7 Å². The number of carbonyl (C=O) groups is 2. The molecule has 108 valence electrons. The second-order valence-electron chi connectivity index (χ2n) is 4.96. The Bertz CT molecular complexity index is 480. The average molecular weight is 276 g/mol. The summed E-state index contributed by atoms with van der Waals surface area (Å²) >= 11 is 0. The van der Waals surface area contributed by atoms with E-state index < -0.39 is 0 Å². The Labute approximate surface area is 118 Å². The molecule has 1 fully saturated rings. The van der Waals surface area contributed by atoms with Gasteiger partial charge in [-0.05, 0) is 44.0 Å². The van der Waals surface area contributed by atoms with Crippen LogP contribution in [0.5, 0.6) is 5.75 Å². The molecule has 0 unspecified atom stereocenters. The van der Waals surface area contributed by atoms with E-state index in [1.54, 1.807) is 31.3 Å². The summed E-state index contributed by atoms with van der Waals surface area (Å²) in [7, 11) is 1.63. The molecule has 1 saturated carbocycles. The van der Waals surface area contributed by atoms with Crippen LogP contribution in [-0.2, 0) is 4.79 Å². The molecule has 5 heteroatoms. The number of likely N-dealkylation sites (N-methyl/N-ethyl adjacent to an activating group) is 1. The highest BCUT2D eigenvalue weighted by Gasteiger charge is 2.24. The number of amides is 2. The summed E-state index contributed by atoms with van der Waals surface area (Å²) in [5.74, 6) is 0.464. The lowest BCUT2D eigenvalue weighted by atomic mass is 10.2. The first-order chi connectivity index (χ1) is 9.60. The first-order valence-corrected chi connectivity index (χ1v) is 6.88. The molecule has 1 N–H and O–H groups in total. The topological polar surface area (TPSA) is 58.6 Å². The van der Waals surface area contributed by atoms with Crippen LogP contribution in [-0.4, -0.2) is 43.0 Å². The minimum Gasteiger partial charge on any atom is -0.494 e. The van der Waals surface area contributed by atoms with E-state index in [0.29, 0.717) is 18.2 Å². The monoisotopic (exact) mass is 276 g/mol. The fourth-order valence-corrected chi connectivity index (χ4v) is 1.87. The van der Waals surface area contributed by atoms with E-state index in [9.17, 15) is 9.59 Å². The van der Waals surface area contributed by atoms with Crippen molar-refractivity contribution in [1.82, 2.24) is 10.2 Å². The highest BCUT2D eigenvalue weighted by atomic mass is 16.5. The summed E-state index contributed by atoms with van der Waals surface area (Å²) in [5.41, 5.74) is 0.551. The molecule has 0 bridgehead atoms. The van der Waals surface area contributed by atoms with Crippen molar-refractivity contribution >= 4 is 11.8 Å². The van der Waals surface area contributed by atoms with Gasteiger partial charge in [0.25, 0.3) is 5.91 Å². The molecule has 1 aromatic rings. The van der Waals surface area contributed by atoms with Crippen molar-refractivity contribution in [2.24, 2.45) is 0 Å². The number of carbonyl (C=O) groups excluding carboxylic acids is 2. The summed E-state index contributed by atoms with van der Waals surface area (Å²) in [6.45, 7) is 2.59. The normalized spacial score (nSPS) is 13.7. The van der Waals surface area contributed by atoms with Gasteiger partial charge >= 0.3 is 0 Å². The zero-order valence-corrected chi connectivity index (χ0v) is 11.9. The van der Waals surface area contributed by atoms with Gasteiger partial charge in [-0.2, -0.15) is 0 Å². The van der Waals surface area contributed by atoms with Crippen LogP contribution in [0.25, 0.3) is 0 Å². The van der Waals surface area contributed by atoms with Crippen molar-refractivity contribution in [3.8, 4) is 5.75 Å². The molecule has 0 radical (unpaired) electrons. The smallest absolute Gasteiger partial charge is 0.254 e. The molecular formula is C15H20N2O3. The molecule has 0 aliphatic heterocycles. The summed E-state index contributed by atoms with van der Waals surface area (Å²) in [6, 6.07) is 7.26. The molecule has 5 nitrogen and oxygen atoms in total. The lowest BCUT2D eigenvalue weighted by Gasteiger charge is -2.17. The van der Waals surface area contributed by atoms with Gasteiger partial charge in [0.2, 0.25) is 5.91 Å². The van der Waals surface area contributed by atoms with Gasteiger partial charge in [-0.15, -0.1) is 0 Å². The molecule has 0 spiro atoms. The maximum Gasteiger partial charge on any atom is 0.254 e. The van der Waals surface area contributed by atoms with Gasteiger partial charge in [-0.3, -0.25) is 9.59 Å². The summed E-state index contributed by atoms with van der Waals surface area (Å²) in [6.07, 6.45) is 2.09. The van der Waals surface area contributed by atoms with Gasteiger partial charge in [-0.25, -0.2) is 0 Å². The molecule has 0 heterocycles. The average Bonchev–Trinajstić information content (AvgIpc) is 3.23. The number of ether oxygens (including phenoxy) is 1. The number of hydrogen-bond acceptors (Lipinski definition) is 3. The standard InChI is InChI=1S/C15H20N2O3/c1-3-20-13-8-4-11(5-9-13)15(19)17(2)10-14(18)16-12-6-7-12/h4-5,8-9,12H,3,6-7,10H2,1-2H3,(H,16,18). The first kappa shape index (κ1) is 14.4. The van der Waals surface area contributed by atoms with E-state index >= 15 is 0 Å². The number of hydrogen-bond donors (Lipinski definition) is 1. The number of benzene rings is 1. The Balaban J connectivity index is 1.89. The molecule has 2 amide bonds. The predicted octanol–water partition coefficient (Wildman–Crippen LogP) is 1.44. The lowest BCUT2D eigenvalue weighted by Crippen LogP contribution is -2.39. The van der Waals surface area contributed by atoms with Crippen molar-refractivity contribution in [3.05, 3.63) is 29.8 Å². The first-order valence-electron chi connectivity index (χ1n) is 6.88. The van der Waals surface area contributed by atoms with Gasteiger partial charge < -0.3 is 15.0 Å². The summed E-state index contributed by atoms with van der Waals surface area (Å²) in [4.78, 5) is 25.2. The molecule has 2 rings (SSSR count). The Kier molecular flexibility index (Phi) is 4.61. The zero-order valence-electron chi connectivity index (χ0n) is 11.9. The van der Waals surface area contributed by atoms with Crippen molar-refractivity contribution in [1.29, 1.82) is 0 Å². The minimum absolute atomic E-state index is 0.0859. The van der Waals surface area contributed by atoms with Gasteiger partial charge in [-0.1, -0.05) is 0 Å². The molecule has 20 heavy (non-hydrogen) atoms. The third-order valence-electron chi connectivity index (χ3n) is 3.08. The maximum atomic E-state index is 12.2. The van der Waals surface area contributed by atoms with Crippen LogP contribution in [0.2, 0.25) is 0 Å². The molecule has 0 saturated heterocycles. The van der Waals surface area contributed by atoms with Crippen molar-refractivity contribution in [2.75, 3.05) is 20.2 Å². The lowest BCUT2D eigenvalue weighted by molar-refractivity contribution is -0.121.